The van der Waals surface area contributed by atoms with Gasteiger partial charge in [0.1, 0.15) is 12.1 Å². The average Bonchev–Trinajstić information content (AvgIpc) is 3.30. The zero-order valence-corrected chi connectivity index (χ0v) is 27.3. The molecule has 4 saturated carbocycles. The standard InChI is InChI=1S/C35H59N2O5/c1-6-31(38)41-30-21-24-11-12-25-26(35(24,4)23-28(30)36-15-19-40-20-16-36)13-14-34(3)27(25)22-29(33(34)42-32(39)7-2)37(5)17-9-8-10-18-37/h24-30,33H,6-23H2,1-5H3/q+1/t24?,25-,26-,27+,28?,29?,30?,33?,34+,35+/m1/s1. The van der Waals surface area contributed by atoms with Crippen molar-refractivity contribution >= 4 is 11.9 Å². The van der Waals surface area contributed by atoms with Crippen LogP contribution in [0.2, 0.25) is 0 Å². The van der Waals surface area contributed by atoms with E-state index in [0.717, 1.165) is 50.0 Å². The monoisotopic (exact) mass is 587 g/mol. The summed E-state index contributed by atoms with van der Waals surface area (Å²) in [6.45, 7) is 14.8. The zero-order valence-electron chi connectivity index (χ0n) is 27.3. The molecule has 7 nitrogen and oxygen atoms in total. The topological polar surface area (TPSA) is 65.1 Å². The highest BCUT2D eigenvalue weighted by atomic mass is 16.6. The minimum absolute atomic E-state index is 0.00344. The van der Waals surface area contributed by atoms with Gasteiger partial charge in [0.25, 0.3) is 0 Å². The Balaban J connectivity index is 1.29. The normalized spacial score (nSPS) is 45.3. The van der Waals surface area contributed by atoms with Gasteiger partial charge in [0.15, 0.2) is 6.10 Å². The number of ether oxygens (including phenoxy) is 3. The Hall–Kier alpha value is -1.18. The molecule has 0 bridgehead atoms. The summed E-state index contributed by atoms with van der Waals surface area (Å²) in [6.07, 6.45) is 13.1. The first-order valence-corrected chi connectivity index (χ1v) is 17.7. The molecule has 0 spiro atoms. The van der Waals surface area contributed by atoms with Crippen LogP contribution in [0.5, 0.6) is 0 Å². The first-order chi connectivity index (χ1) is 20.1. The Bertz CT molecular complexity index is 992. The van der Waals surface area contributed by atoms with Crippen LogP contribution in [0.3, 0.4) is 0 Å². The highest BCUT2D eigenvalue weighted by Crippen LogP contribution is 2.67. The number of hydrogen-bond donors (Lipinski definition) is 0. The first kappa shape index (κ1) is 30.8. The summed E-state index contributed by atoms with van der Waals surface area (Å²) in [4.78, 5) is 28.0. The Morgan fingerprint density at radius 1 is 0.881 bits per heavy atom. The fourth-order valence-electron chi connectivity index (χ4n) is 11.5. The molecule has 42 heavy (non-hydrogen) atoms. The zero-order chi connectivity index (χ0) is 29.7. The molecule has 6 aliphatic rings. The number of piperidine rings is 1. The van der Waals surface area contributed by atoms with Crippen LogP contribution in [0.15, 0.2) is 0 Å². The van der Waals surface area contributed by atoms with Gasteiger partial charge < -0.3 is 18.7 Å². The van der Waals surface area contributed by atoms with Crippen molar-refractivity contribution in [2.75, 3.05) is 46.4 Å². The number of fused-ring (bicyclic) bond motifs is 5. The van der Waals surface area contributed by atoms with Gasteiger partial charge in [-0.15, -0.1) is 0 Å². The molecule has 4 aliphatic carbocycles. The summed E-state index contributed by atoms with van der Waals surface area (Å²) in [6, 6.07) is 0.704. The van der Waals surface area contributed by atoms with Crippen molar-refractivity contribution in [3.63, 3.8) is 0 Å². The quantitative estimate of drug-likeness (QED) is 0.298. The Kier molecular flexibility index (Phi) is 8.78. The van der Waals surface area contributed by atoms with E-state index in [2.05, 4.69) is 25.8 Å². The molecule has 6 fully saturated rings. The molecule has 5 unspecified atom stereocenters. The Labute approximate surface area is 255 Å². The van der Waals surface area contributed by atoms with Crippen molar-refractivity contribution in [1.82, 2.24) is 4.90 Å². The SMILES string of the molecule is CCC(=O)OC1CC2CC[C@@H]3[C@@H](CC[C@]4(C)C(OC(=O)CC)C([N+]5(C)CCCCC5)C[C@@H]34)[C@@]2(C)CC1N1CCOCC1. The van der Waals surface area contributed by atoms with Crippen molar-refractivity contribution in [2.24, 2.45) is 34.5 Å². The van der Waals surface area contributed by atoms with Gasteiger partial charge in [0, 0.05) is 43.8 Å². The number of quaternary nitrogens is 1. The molecule has 0 amide bonds. The lowest BCUT2D eigenvalue weighted by Crippen LogP contribution is -2.62. The van der Waals surface area contributed by atoms with Crippen molar-refractivity contribution in [3.8, 4) is 0 Å². The number of rotatable bonds is 6. The maximum absolute atomic E-state index is 12.9. The first-order valence-electron chi connectivity index (χ1n) is 17.7. The lowest BCUT2D eigenvalue weighted by molar-refractivity contribution is -0.940. The molecule has 2 saturated heterocycles. The van der Waals surface area contributed by atoms with Gasteiger partial charge in [-0.25, -0.2) is 0 Å². The number of morpholine rings is 1. The van der Waals surface area contributed by atoms with Crippen LogP contribution in [0.25, 0.3) is 0 Å². The molecule has 0 radical (unpaired) electrons. The largest absolute Gasteiger partial charge is 0.461 e. The van der Waals surface area contributed by atoms with Gasteiger partial charge in [-0.1, -0.05) is 27.7 Å². The van der Waals surface area contributed by atoms with Gasteiger partial charge in [-0.2, -0.15) is 0 Å². The van der Waals surface area contributed by atoms with E-state index in [4.69, 9.17) is 14.2 Å². The highest BCUT2D eigenvalue weighted by Gasteiger charge is 2.67. The van der Waals surface area contributed by atoms with Crippen LogP contribution < -0.4 is 0 Å². The average molecular weight is 588 g/mol. The summed E-state index contributed by atoms with van der Waals surface area (Å²) in [5.74, 6) is 2.53. The maximum Gasteiger partial charge on any atom is 0.306 e. The van der Waals surface area contributed by atoms with Gasteiger partial charge >= 0.3 is 11.9 Å². The van der Waals surface area contributed by atoms with Crippen LogP contribution in [-0.2, 0) is 23.8 Å². The van der Waals surface area contributed by atoms with Crippen LogP contribution in [0, 0.1) is 34.5 Å². The molecular weight excluding hydrogens is 528 g/mol. The van der Waals surface area contributed by atoms with Crippen LogP contribution >= 0.6 is 0 Å². The molecule has 6 rings (SSSR count). The molecular formula is C35H59N2O5+. The second-order valence-corrected chi connectivity index (χ2v) is 15.8. The summed E-state index contributed by atoms with van der Waals surface area (Å²) in [7, 11) is 2.47. The number of carbonyl (C=O) groups excluding carboxylic acids is 2. The van der Waals surface area contributed by atoms with Gasteiger partial charge in [0.2, 0.25) is 0 Å². The van der Waals surface area contributed by atoms with Gasteiger partial charge in [-0.3, -0.25) is 14.5 Å². The molecule has 0 aromatic rings. The summed E-state index contributed by atoms with van der Waals surface area (Å²) in [5, 5.41) is 0. The van der Waals surface area contributed by atoms with Crippen LogP contribution in [0.4, 0.5) is 0 Å². The van der Waals surface area contributed by atoms with E-state index in [-0.39, 0.29) is 41.0 Å². The van der Waals surface area contributed by atoms with E-state index in [1.54, 1.807) is 0 Å². The number of carbonyl (C=O) groups is 2. The third-order valence-corrected chi connectivity index (χ3v) is 13.9. The van der Waals surface area contributed by atoms with Crippen LogP contribution in [0.1, 0.15) is 105 Å². The number of hydrogen-bond acceptors (Lipinski definition) is 6. The highest BCUT2D eigenvalue weighted by molar-refractivity contribution is 5.69. The van der Waals surface area contributed by atoms with Crippen LogP contribution in [-0.4, -0.2) is 92.1 Å². The molecule has 7 heteroatoms. The van der Waals surface area contributed by atoms with Crippen molar-refractivity contribution in [3.05, 3.63) is 0 Å². The van der Waals surface area contributed by atoms with Crippen molar-refractivity contribution in [1.29, 1.82) is 0 Å². The lowest BCUT2D eigenvalue weighted by atomic mass is 9.44. The number of esters is 2. The molecule has 0 N–H and O–H groups in total. The molecule has 0 aromatic heterocycles. The summed E-state index contributed by atoms with van der Waals surface area (Å²) >= 11 is 0. The molecule has 2 aliphatic heterocycles. The second-order valence-electron chi connectivity index (χ2n) is 15.8. The number of likely N-dealkylation sites (tertiary alicyclic amines) is 1. The summed E-state index contributed by atoms with van der Waals surface area (Å²) in [5.41, 5.74) is 0.315. The Morgan fingerprint density at radius 3 is 2.26 bits per heavy atom. The van der Waals surface area contributed by atoms with E-state index < -0.39 is 0 Å². The maximum atomic E-state index is 12.9. The minimum Gasteiger partial charge on any atom is -0.461 e. The van der Waals surface area contributed by atoms with E-state index in [9.17, 15) is 9.59 Å². The number of nitrogens with zero attached hydrogens (tertiary/aromatic N) is 2. The molecule has 238 valence electrons. The van der Waals surface area contributed by atoms with Gasteiger partial charge in [0.05, 0.1) is 33.4 Å². The van der Waals surface area contributed by atoms with E-state index in [1.165, 1.54) is 58.0 Å². The Morgan fingerprint density at radius 2 is 1.57 bits per heavy atom. The molecule has 0 aromatic carbocycles. The summed E-state index contributed by atoms with van der Waals surface area (Å²) < 4.78 is 19.5. The van der Waals surface area contributed by atoms with Gasteiger partial charge in [-0.05, 0) is 86.9 Å². The number of likely N-dealkylation sites (N-methyl/N-ethyl adjacent to an activating group) is 1. The van der Waals surface area contributed by atoms with E-state index in [0.29, 0.717) is 42.6 Å². The fourth-order valence-corrected chi connectivity index (χ4v) is 11.5. The predicted octanol–water partition coefficient (Wildman–Crippen LogP) is 5.59. The third kappa shape index (κ3) is 5.25. The van der Waals surface area contributed by atoms with Crippen molar-refractivity contribution in [2.45, 2.75) is 129 Å². The fraction of sp³-hybridized carbons (Fsp3) is 0.943. The second kappa shape index (κ2) is 12.0. The van der Waals surface area contributed by atoms with E-state index in [1.807, 2.05) is 13.8 Å². The van der Waals surface area contributed by atoms with Crippen molar-refractivity contribution < 1.29 is 28.3 Å². The van der Waals surface area contributed by atoms with E-state index >= 15 is 0 Å². The smallest absolute Gasteiger partial charge is 0.306 e. The molecule has 10 atom stereocenters. The predicted molar refractivity (Wildman–Crippen MR) is 163 cm³/mol. The lowest BCUT2D eigenvalue weighted by Gasteiger charge is -2.62. The minimum atomic E-state index is -0.0528. The molecule has 2 heterocycles. The third-order valence-electron chi connectivity index (χ3n) is 13.9.